The summed E-state index contributed by atoms with van der Waals surface area (Å²) in [7, 11) is 0. The van der Waals surface area contributed by atoms with Crippen LogP contribution in [-0.4, -0.2) is 54.2 Å². The van der Waals surface area contributed by atoms with Crippen LogP contribution in [0, 0.1) is 0 Å². The van der Waals surface area contributed by atoms with Gasteiger partial charge in [-0.2, -0.15) is 0 Å². The SMILES string of the molecule is CCCCCC(C)(C)NCC(O)C(Cc1ccccc1)NC(=O)c1cc(NCC)cc(N2CCCC2=O)c1. The second kappa shape index (κ2) is 14.3. The number of carbonyl (C=O) groups excluding carboxylic acids is 2. The molecule has 208 valence electrons. The van der Waals surface area contributed by atoms with E-state index in [0.717, 1.165) is 36.2 Å². The highest BCUT2D eigenvalue weighted by atomic mass is 16.3. The number of carbonyl (C=O) groups is 2. The Kier molecular flexibility index (Phi) is 11.2. The third kappa shape index (κ3) is 8.84. The van der Waals surface area contributed by atoms with Crippen LogP contribution < -0.4 is 20.9 Å². The van der Waals surface area contributed by atoms with E-state index in [2.05, 4.69) is 36.7 Å². The predicted molar refractivity (Wildman–Crippen MR) is 156 cm³/mol. The fourth-order valence-corrected chi connectivity index (χ4v) is 4.96. The Morgan fingerprint density at radius 2 is 1.87 bits per heavy atom. The van der Waals surface area contributed by atoms with Crippen LogP contribution in [0.1, 0.15) is 82.1 Å². The fourth-order valence-electron chi connectivity index (χ4n) is 4.96. The van der Waals surface area contributed by atoms with Crippen LogP contribution in [0.25, 0.3) is 0 Å². The third-order valence-electron chi connectivity index (χ3n) is 7.22. The lowest BCUT2D eigenvalue weighted by atomic mass is 9.95. The summed E-state index contributed by atoms with van der Waals surface area (Å²) < 4.78 is 0. The van der Waals surface area contributed by atoms with Crippen molar-refractivity contribution in [2.24, 2.45) is 0 Å². The topological polar surface area (TPSA) is 93.7 Å². The number of aliphatic hydroxyl groups excluding tert-OH is 1. The maximum Gasteiger partial charge on any atom is 0.251 e. The number of aliphatic hydroxyl groups is 1. The number of unbranched alkanes of at least 4 members (excludes halogenated alkanes) is 2. The van der Waals surface area contributed by atoms with Gasteiger partial charge in [-0.25, -0.2) is 0 Å². The van der Waals surface area contributed by atoms with Gasteiger partial charge < -0.3 is 26.0 Å². The summed E-state index contributed by atoms with van der Waals surface area (Å²) in [6.07, 6.45) is 5.61. The number of rotatable bonds is 15. The van der Waals surface area contributed by atoms with E-state index in [9.17, 15) is 14.7 Å². The Bertz CT molecular complexity index is 1040. The molecule has 1 aliphatic heterocycles. The van der Waals surface area contributed by atoms with Crippen molar-refractivity contribution in [1.82, 2.24) is 10.6 Å². The van der Waals surface area contributed by atoms with E-state index in [-0.39, 0.29) is 17.4 Å². The maximum atomic E-state index is 13.6. The molecule has 0 radical (unpaired) electrons. The minimum atomic E-state index is -0.777. The van der Waals surface area contributed by atoms with Gasteiger partial charge in [0.2, 0.25) is 5.91 Å². The Hall–Kier alpha value is -2.90. The fraction of sp³-hybridized carbons (Fsp3) is 0.548. The van der Waals surface area contributed by atoms with Crippen molar-refractivity contribution in [3.05, 3.63) is 59.7 Å². The second-order valence-electron chi connectivity index (χ2n) is 11.0. The van der Waals surface area contributed by atoms with Gasteiger partial charge in [-0.3, -0.25) is 9.59 Å². The van der Waals surface area contributed by atoms with Gasteiger partial charge >= 0.3 is 0 Å². The summed E-state index contributed by atoms with van der Waals surface area (Å²) in [5.41, 5.74) is 2.94. The molecule has 1 aliphatic rings. The van der Waals surface area contributed by atoms with E-state index in [1.807, 2.05) is 49.4 Å². The molecule has 2 aromatic rings. The van der Waals surface area contributed by atoms with Crippen molar-refractivity contribution < 1.29 is 14.7 Å². The van der Waals surface area contributed by atoms with Gasteiger partial charge in [0.15, 0.2) is 0 Å². The average Bonchev–Trinajstić information content (AvgIpc) is 3.33. The Morgan fingerprint density at radius 1 is 1.11 bits per heavy atom. The van der Waals surface area contributed by atoms with E-state index in [0.29, 0.717) is 38.0 Å². The number of anilines is 2. The molecule has 2 atom stereocenters. The van der Waals surface area contributed by atoms with Crippen molar-refractivity contribution in [1.29, 1.82) is 0 Å². The van der Waals surface area contributed by atoms with Gasteiger partial charge in [-0.1, -0.05) is 56.5 Å². The summed E-state index contributed by atoms with van der Waals surface area (Å²) in [5.74, 6) is -0.185. The zero-order valence-electron chi connectivity index (χ0n) is 23.6. The molecule has 0 aliphatic carbocycles. The Balaban J connectivity index is 1.78. The predicted octanol–water partition coefficient (Wildman–Crippen LogP) is 4.90. The van der Waals surface area contributed by atoms with Crippen LogP contribution in [0.3, 0.4) is 0 Å². The molecule has 3 rings (SSSR count). The van der Waals surface area contributed by atoms with Crippen LogP contribution in [0.15, 0.2) is 48.5 Å². The van der Waals surface area contributed by atoms with Gasteiger partial charge in [0.1, 0.15) is 0 Å². The molecule has 7 nitrogen and oxygen atoms in total. The summed E-state index contributed by atoms with van der Waals surface area (Å²) >= 11 is 0. The molecule has 1 heterocycles. The molecule has 2 unspecified atom stereocenters. The first-order valence-electron chi connectivity index (χ1n) is 14.2. The smallest absolute Gasteiger partial charge is 0.251 e. The van der Waals surface area contributed by atoms with Crippen molar-refractivity contribution >= 4 is 23.2 Å². The molecule has 1 saturated heterocycles. The molecule has 0 bridgehead atoms. The standard InChI is InChI=1S/C31H46N4O3/c1-5-7-11-16-31(3,4)33-22-28(36)27(18-23-13-9-8-10-14-23)34-30(38)24-19-25(32-6-2)21-26(20-24)35-17-12-15-29(35)37/h8-10,13-14,19-21,27-28,32-33,36H,5-7,11-12,15-18,22H2,1-4H3,(H,34,38). The quantitative estimate of drug-likeness (QED) is 0.250. The maximum absolute atomic E-state index is 13.6. The van der Waals surface area contributed by atoms with Crippen molar-refractivity contribution in [2.75, 3.05) is 29.9 Å². The molecule has 7 heteroatoms. The van der Waals surface area contributed by atoms with Gasteiger partial charge in [0.05, 0.1) is 12.1 Å². The van der Waals surface area contributed by atoms with E-state index < -0.39 is 12.1 Å². The number of nitrogens with zero attached hydrogens (tertiary/aromatic N) is 1. The van der Waals surface area contributed by atoms with Crippen LogP contribution in [-0.2, 0) is 11.2 Å². The van der Waals surface area contributed by atoms with Crippen LogP contribution in [0.4, 0.5) is 11.4 Å². The zero-order valence-corrected chi connectivity index (χ0v) is 23.6. The van der Waals surface area contributed by atoms with Crippen LogP contribution in [0.5, 0.6) is 0 Å². The Labute approximate surface area is 228 Å². The molecular weight excluding hydrogens is 476 g/mol. The lowest BCUT2D eigenvalue weighted by Crippen LogP contribution is -2.52. The van der Waals surface area contributed by atoms with E-state index in [1.165, 1.54) is 12.8 Å². The summed E-state index contributed by atoms with van der Waals surface area (Å²) in [5, 5.41) is 21.2. The molecule has 1 fully saturated rings. The first-order chi connectivity index (χ1) is 18.2. The molecule has 2 amide bonds. The average molecular weight is 523 g/mol. The number of β-amino-alcohol motifs (C(OH)–C–C–N with tert-alkyl or cyclic N) is 1. The Morgan fingerprint density at radius 3 is 2.53 bits per heavy atom. The van der Waals surface area contributed by atoms with E-state index >= 15 is 0 Å². The number of benzene rings is 2. The number of nitrogens with one attached hydrogen (secondary N) is 3. The molecular formula is C31H46N4O3. The first-order valence-corrected chi connectivity index (χ1v) is 14.2. The van der Waals surface area contributed by atoms with Crippen molar-refractivity contribution in [2.45, 2.75) is 90.3 Å². The summed E-state index contributed by atoms with van der Waals surface area (Å²) in [6.45, 7) is 10.2. The van der Waals surface area contributed by atoms with Crippen molar-refractivity contribution in [3.63, 3.8) is 0 Å². The highest BCUT2D eigenvalue weighted by Crippen LogP contribution is 2.27. The molecule has 0 aromatic heterocycles. The number of hydrogen-bond donors (Lipinski definition) is 4. The minimum absolute atomic E-state index is 0.0787. The lowest BCUT2D eigenvalue weighted by molar-refractivity contribution is -0.117. The first kappa shape index (κ1) is 29.7. The summed E-state index contributed by atoms with van der Waals surface area (Å²) in [6, 6.07) is 14.9. The van der Waals surface area contributed by atoms with Crippen LogP contribution in [0.2, 0.25) is 0 Å². The third-order valence-corrected chi connectivity index (χ3v) is 7.22. The van der Waals surface area contributed by atoms with E-state index in [4.69, 9.17) is 0 Å². The van der Waals surface area contributed by atoms with E-state index in [1.54, 1.807) is 11.0 Å². The lowest BCUT2D eigenvalue weighted by Gasteiger charge is -2.31. The summed E-state index contributed by atoms with van der Waals surface area (Å²) in [4.78, 5) is 27.7. The second-order valence-corrected chi connectivity index (χ2v) is 11.0. The normalized spacial score (nSPS) is 15.4. The molecule has 4 N–H and O–H groups in total. The number of hydrogen-bond acceptors (Lipinski definition) is 5. The highest BCUT2D eigenvalue weighted by molar-refractivity contribution is 6.00. The number of amides is 2. The highest BCUT2D eigenvalue weighted by Gasteiger charge is 2.27. The van der Waals surface area contributed by atoms with Crippen molar-refractivity contribution in [3.8, 4) is 0 Å². The molecule has 0 saturated carbocycles. The van der Waals surface area contributed by atoms with Gasteiger partial charge in [-0.15, -0.1) is 0 Å². The largest absolute Gasteiger partial charge is 0.390 e. The minimum Gasteiger partial charge on any atom is -0.390 e. The van der Waals surface area contributed by atoms with Gasteiger partial charge in [0, 0.05) is 48.5 Å². The molecule has 0 spiro atoms. The zero-order chi connectivity index (χ0) is 27.5. The molecule has 38 heavy (non-hydrogen) atoms. The van der Waals surface area contributed by atoms with Gasteiger partial charge in [0.25, 0.3) is 5.91 Å². The monoisotopic (exact) mass is 522 g/mol. The van der Waals surface area contributed by atoms with Gasteiger partial charge in [-0.05, 0) is 63.8 Å². The molecule has 2 aromatic carbocycles. The van der Waals surface area contributed by atoms with Crippen LogP contribution >= 0.6 is 0 Å².